The molecule has 0 spiro atoms. The maximum atomic E-state index is 11.4. The maximum absolute atomic E-state index is 11.4. The molecule has 0 radical (unpaired) electrons. The van der Waals surface area contributed by atoms with Crippen LogP contribution >= 0.6 is 0 Å². The number of hydrogen-bond donors (Lipinski definition) is 1. The molecular weight excluding hydrogens is 286 g/mol. The number of carboxylic acids is 1. The minimum absolute atomic E-state index is 0.115. The first-order valence-electron chi connectivity index (χ1n) is 6.50. The van der Waals surface area contributed by atoms with Gasteiger partial charge in [-0.3, -0.25) is 4.79 Å². The Morgan fingerprint density at radius 1 is 1.29 bits per heavy atom. The predicted octanol–water partition coefficient (Wildman–Crippen LogP) is 1.50. The van der Waals surface area contributed by atoms with Crippen molar-refractivity contribution in [3.63, 3.8) is 0 Å². The van der Waals surface area contributed by atoms with Crippen LogP contribution in [0.15, 0.2) is 5.28 Å². The van der Waals surface area contributed by atoms with Crippen LogP contribution in [-0.2, 0) is 19.1 Å². The standard InChI is InChI=1S/C11H21N3O7/c1-3-19-11(17)20-9-21-12-14(18)13(2)8-6-4-5-7-10(15)16/h3-9H2,1-2H3,(H,15,16). The number of nitrogens with zero attached hydrogens (tertiary/aromatic N) is 3. The van der Waals surface area contributed by atoms with Gasteiger partial charge in [0.2, 0.25) is 5.28 Å². The molecule has 0 amide bonds. The average molecular weight is 307 g/mol. The van der Waals surface area contributed by atoms with E-state index in [1.165, 1.54) is 12.1 Å². The van der Waals surface area contributed by atoms with Gasteiger partial charge in [0, 0.05) is 6.42 Å². The second-order valence-electron chi connectivity index (χ2n) is 3.99. The summed E-state index contributed by atoms with van der Waals surface area (Å²) >= 11 is 0. The third kappa shape index (κ3) is 11.3. The molecule has 0 aliphatic carbocycles. The first kappa shape index (κ1) is 18.7. The molecule has 0 saturated heterocycles. The number of carbonyl (C=O) groups excluding carboxylic acids is 1. The van der Waals surface area contributed by atoms with Crippen LogP contribution in [0.5, 0.6) is 0 Å². The van der Waals surface area contributed by atoms with Gasteiger partial charge in [-0.1, -0.05) is 6.42 Å². The monoisotopic (exact) mass is 307 g/mol. The van der Waals surface area contributed by atoms with Gasteiger partial charge in [0.05, 0.1) is 25.2 Å². The van der Waals surface area contributed by atoms with E-state index in [4.69, 9.17) is 5.11 Å². The van der Waals surface area contributed by atoms with Crippen molar-refractivity contribution in [3.05, 3.63) is 5.21 Å². The molecule has 0 saturated carbocycles. The van der Waals surface area contributed by atoms with E-state index in [2.05, 4.69) is 19.6 Å². The Labute approximate surface area is 122 Å². The molecule has 0 rings (SSSR count). The summed E-state index contributed by atoms with van der Waals surface area (Å²) in [7, 11) is 1.50. The topological polar surface area (TPSA) is 124 Å². The molecule has 0 heterocycles. The number of unbranched alkanes of at least 4 members (excludes halogenated alkanes) is 2. The number of rotatable bonds is 11. The van der Waals surface area contributed by atoms with Crippen LogP contribution in [0.3, 0.4) is 0 Å². The van der Waals surface area contributed by atoms with Gasteiger partial charge >= 0.3 is 12.1 Å². The molecule has 21 heavy (non-hydrogen) atoms. The number of aliphatic carboxylic acids is 1. The predicted molar refractivity (Wildman–Crippen MR) is 68.8 cm³/mol. The fraction of sp³-hybridized carbons (Fsp3) is 0.818. The summed E-state index contributed by atoms with van der Waals surface area (Å²) in [5.41, 5.74) is 0. The summed E-state index contributed by atoms with van der Waals surface area (Å²) in [4.78, 5) is 25.8. The Kier molecular flexibility index (Phi) is 10.3. The smallest absolute Gasteiger partial charge is 0.511 e. The quantitative estimate of drug-likeness (QED) is 0.152. The molecule has 0 aromatic carbocycles. The van der Waals surface area contributed by atoms with E-state index in [-0.39, 0.29) is 18.0 Å². The summed E-state index contributed by atoms with van der Waals surface area (Å²) in [6.45, 7) is 1.67. The molecule has 0 aliphatic heterocycles. The zero-order valence-electron chi connectivity index (χ0n) is 12.2. The van der Waals surface area contributed by atoms with Gasteiger partial charge in [-0.15, -0.1) is 5.01 Å². The highest BCUT2D eigenvalue weighted by Gasteiger charge is 2.07. The molecule has 10 nitrogen and oxygen atoms in total. The SMILES string of the molecule is CCOC(=O)OCON=[N+]([O-])N(C)CCCCCC(=O)O. The fourth-order valence-electron chi connectivity index (χ4n) is 1.25. The van der Waals surface area contributed by atoms with E-state index in [0.29, 0.717) is 25.8 Å². The van der Waals surface area contributed by atoms with Crippen molar-refractivity contribution in [2.45, 2.75) is 32.6 Å². The third-order valence-corrected chi connectivity index (χ3v) is 2.28. The Balaban J connectivity index is 3.72. The number of hydrogen-bond acceptors (Lipinski definition) is 7. The van der Waals surface area contributed by atoms with Gasteiger partial charge in [-0.25, -0.2) is 4.79 Å². The van der Waals surface area contributed by atoms with Gasteiger partial charge in [0.1, 0.15) is 0 Å². The molecule has 0 aromatic rings. The molecular formula is C11H21N3O7. The molecule has 0 fully saturated rings. The first-order chi connectivity index (χ1) is 9.97. The minimum Gasteiger partial charge on any atom is -0.569 e. The molecule has 122 valence electrons. The zero-order chi connectivity index (χ0) is 16.1. The largest absolute Gasteiger partial charge is 0.569 e. The molecule has 0 atom stereocenters. The van der Waals surface area contributed by atoms with E-state index >= 15 is 0 Å². The molecule has 0 unspecified atom stereocenters. The molecule has 0 bridgehead atoms. The second-order valence-corrected chi connectivity index (χ2v) is 3.99. The van der Waals surface area contributed by atoms with Crippen molar-refractivity contribution >= 4 is 12.1 Å². The van der Waals surface area contributed by atoms with Crippen molar-refractivity contribution in [2.75, 3.05) is 27.0 Å². The molecule has 0 aromatic heterocycles. The van der Waals surface area contributed by atoms with Gasteiger partial charge in [0.15, 0.2) is 0 Å². The summed E-state index contributed by atoms with van der Waals surface area (Å²) < 4.78 is 8.89. The minimum atomic E-state index is -0.906. The average Bonchev–Trinajstić information content (AvgIpc) is 2.42. The van der Waals surface area contributed by atoms with Crippen LogP contribution in [0.1, 0.15) is 32.6 Å². The summed E-state index contributed by atoms with van der Waals surface area (Å²) in [6, 6.07) is 0. The van der Waals surface area contributed by atoms with Crippen molar-refractivity contribution in [3.8, 4) is 0 Å². The fourth-order valence-corrected chi connectivity index (χ4v) is 1.25. The van der Waals surface area contributed by atoms with E-state index < -0.39 is 18.9 Å². The zero-order valence-corrected chi connectivity index (χ0v) is 12.2. The van der Waals surface area contributed by atoms with Gasteiger partial charge < -0.3 is 24.6 Å². The van der Waals surface area contributed by atoms with Crippen molar-refractivity contribution in [2.24, 2.45) is 5.28 Å². The van der Waals surface area contributed by atoms with Crippen LogP contribution in [0.25, 0.3) is 0 Å². The Morgan fingerprint density at radius 3 is 2.62 bits per heavy atom. The van der Waals surface area contributed by atoms with Crippen molar-refractivity contribution in [1.82, 2.24) is 5.01 Å². The number of hydrazine groups is 1. The van der Waals surface area contributed by atoms with E-state index in [1.54, 1.807) is 6.92 Å². The molecule has 10 heteroatoms. The third-order valence-electron chi connectivity index (χ3n) is 2.28. The maximum Gasteiger partial charge on any atom is 0.511 e. The van der Waals surface area contributed by atoms with Gasteiger partial charge in [-0.05, 0) is 19.8 Å². The van der Waals surface area contributed by atoms with Crippen LogP contribution in [0.4, 0.5) is 4.79 Å². The Bertz CT molecular complexity index is 349. The van der Waals surface area contributed by atoms with Gasteiger partial charge in [-0.2, -0.15) is 0 Å². The lowest BCUT2D eigenvalue weighted by Crippen LogP contribution is -2.27. The van der Waals surface area contributed by atoms with E-state index in [0.717, 1.165) is 0 Å². The van der Waals surface area contributed by atoms with Crippen LogP contribution in [-0.4, -0.2) is 54.2 Å². The summed E-state index contributed by atoms with van der Waals surface area (Å²) in [6.07, 6.45) is 1.11. The van der Waals surface area contributed by atoms with E-state index in [1.807, 2.05) is 0 Å². The lowest BCUT2D eigenvalue weighted by Gasteiger charge is -2.12. The molecule has 1 N–H and O–H groups in total. The lowest BCUT2D eigenvalue weighted by atomic mass is 10.2. The summed E-state index contributed by atoms with van der Waals surface area (Å²) in [5, 5.41) is 24.2. The highest BCUT2D eigenvalue weighted by atomic mass is 16.8. The number of carbonyl (C=O) groups is 2. The summed E-state index contributed by atoms with van der Waals surface area (Å²) in [5.74, 6) is -0.834. The normalized spacial score (nSPS) is 10.9. The van der Waals surface area contributed by atoms with Crippen molar-refractivity contribution < 1.29 is 34.0 Å². The van der Waals surface area contributed by atoms with E-state index in [9.17, 15) is 14.8 Å². The van der Waals surface area contributed by atoms with Crippen LogP contribution in [0.2, 0.25) is 0 Å². The number of carboxylic acid groups (broad SMARTS) is 1. The van der Waals surface area contributed by atoms with Crippen LogP contribution < -0.4 is 0 Å². The van der Waals surface area contributed by atoms with Crippen LogP contribution in [0, 0.1) is 5.21 Å². The Hall–Kier alpha value is -2.26. The number of ether oxygens (including phenoxy) is 2. The molecule has 0 aliphatic rings. The highest BCUT2D eigenvalue weighted by molar-refractivity contribution is 5.66. The van der Waals surface area contributed by atoms with Crippen molar-refractivity contribution in [1.29, 1.82) is 0 Å². The highest BCUT2D eigenvalue weighted by Crippen LogP contribution is 2.01. The lowest BCUT2D eigenvalue weighted by molar-refractivity contribution is -0.706. The second kappa shape index (κ2) is 11.6. The van der Waals surface area contributed by atoms with Gasteiger partial charge in [0.25, 0.3) is 6.79 Å². The Morgan fingerprint density at radius 2 is 2.00 bits per heavy atom. The first-order valence-corrected chi connectivity index (χ1v) is 6.50.